The standard InChI is InChI=1S/C24H28N4O2/c1-24(2,15-26)16-28(23(30)20-9-10-20)14-18-5-11-21(12-6-18)27-22(29)19-7-3-17(13-25)4-8-19/h3-8,11-12,20H,9-10,14-16,26H2,1-2H3,(H,27,29). The SMILES string of the molecule is CC(C)(CN)CN(Cc1ccc(NC(=O)c2ccc(C#N)cc2)cc1)C(=O)C1CC1. The molecule has 0 atom stereocenters. The number of rotatable bonds is 8. The van der Waals surface area contributed by atoms with Crippen molar-refractivity contribution >= 4 is 17.5 Å². The lowest BCUT2D eigenvalue weighted by atomic mass is 9.92. The molecule has 2 amide bonds. The van der Waals surface area contributed by atoms with Crippen molar-refractivity contribution in [1.29, 1.82) is 5.26 Å². The minimum atomic E-state index is -0.234. The van der Waals surface area contributed by atoms with Crippen molar-refractivity contribution in [2.24, 2.45) is 17.1 Å². The van der Waals surface area contributed by atoms with Gasteiger partial charge in [-0.15, -0.1) is 0 Å². The van der Waals surface area contributed by atoms with Crippen molar-refractivity contribution < 1.29 is 9.59 Å². The summed E-state index contributed by atoms with van der Waals surface area (Å²) < 4.78 is 0. The van der Waals surface area contributed by atoms with Gasteiger partial charge in [0.15, 0.2) is 0 Å². The fraction of sp³-hybridized carbons (Fsp3) is 0.375. The van der Waals surface area contributed by atoms with Crippen LogP contribution in [0.3, 0.4) is 0 Å². The van der Waals surface area contributed by atoms with Crippen LogP contribution >= 0.6 is 0 Å². The molecule has 30 heavy (non-hydrogen) atoms. The first-order chi connectivity index (χ1) is 14.3. The highest BCUT2D eigenvalue weighted by Crippen LogP contribution is 2.32. The second-order valence-electron chi connectivity index (χ2n) is 8.68. The molecule has 1 aliphatic carbocycles. The zero-order valence-corrected chi connectivity index (χ0v) is 17.5. The van der Waals surface area contributed by atoms with Gasteiger partial charge in [0.05, 0.1) is 11.6 Å². The largest absolute Gasteiger partial charge is 0.338 e. The average molecular weight is 405 g/mol. The lowest BCUT2D eigenvalue weighted by molar-refractivity contribution is -0.134. The van der Waals surface area contributed by atoms with E-state index in [1.54, 1.807) is 24.3 Å². The first-order valence-corrected chi connectivity index (χ1v) is 10.2. The third-order valence-electron chi connectivity index (χ3n) is 5.27. The van der Waals surface area contributed by atoms with Gasteiger partial charge >= 0.3 is 0 Å². The van der Waals surface area contributed by atoms with E-state index < -0.39 is 0 Å². The Hall–Kier alpha value is -3.17. The van der Waals surface area contributed by atoms with Gasteiger partial charge in [0.1, 0.15) is 0 Å². The van der Waals surface area contributed by atoms with Gasteiger partial charge in [0, 0.05) is 30.3 Å². The summed E-state index contributed by atoms with van der Waals surface area (Å²) in [5, 5.41) is 11.7. The van der Waals surface area contributed by atoms with E-state index in [-0.39, 0.29) is 23.1 Å². The van der Waals surface area contributed by atoms with E-state index in [0.29, 0.717) is 36.4 Å². The zero-order chi connectivity index (χ0) is 21.7. The molecule has 3 N–H and O–H groups in total. The number of carbonyl (C=O) groups excluding carboxylic acids is 2. The molecule has 3 rings (SSSR count). The molecule has 156 valence electrons. The molecule has 1 saturated carbocycles. The molecule has 0 aromatic heterocycles. The molecule has 0 radical (unpaired) electrons. The van der Waals surface area contributed by atoms with Crippen LogP contribution < -0.4 is 11.1 Å². The van der Waals surface area contributed by atoms with E-state index in [9.17, 15) is 9.59 Å². The Morgan fingerprint density at radius 3 is 2.30 bits per heavy atom. The summed E-state index contributed by atoms with van der Waals surface area (Å²) in [6, 6.07) is 16.1. The number of nitrogens with one attached hydrogen (secondary N) is 1. The van der Waals surface area contributed by atoms with Crippen molar-refractivity contribution in [3.05, 3.63) is 65.2 Å². The van der Waals surface area contributed by atoms with E-state index in [4.69, 9.17) is 11.0 Å². The highest BCUT2D eigenvalue weighted by molar-refractivity contribution is 6.04. The number of hydrogen-bond acceptors (Lipinski definition) is 4. The van der Waals surface area contributed by atoms with E-state index in [1.807, 2.05) is 35.2 Å². The fourth-order valence-electron chi connectivity index (χ4n) is 3.19. The Balaban J connectivity index is 1.65. The molecule has 1 aliphatic rings. The van der Waals surface area contributed by atoms with Crippen LogP contribution in [0, 0.1) is 22.7 Å². The Morgan fingerprint density at radius 1 is 1.13 bits per heavy atom. The first kappa shape index (κ1) is 21.5. The minimum Gasteiger partial charge on any atom is -0.338 e. The summed E-state index contributed by atoms with van der Waals surface area (Å²) in [6.07, 6.45) is 1.94. The second kappa shape index (κ2) is 9.10. The zero-order valence-electron chi connectivity index (χ0n) is 17.5. The van der Waals surface area contributed by atoms with Crippen molar-refractivity contribution in [2.75, 3.05) is 18.4 Å². The Morgan fingerprint density at radius 2 is 1.77 bits per heavy atom. The molecule has 2 aromatic rings. The molecular weight excluding hydrogens is 376 g/mol. The molecular formula is C24H28N4O2. The summed E-state index contributed by atoms with van der Waals surface area (Å²) in [5.74, 6) is 0.127. The topological polar surface area (TPSA) is 99.2 Å². The number of carbonyl (C=O) groups is 2. The quantitative estimate of drug-likeness (QED) is 0.703. The number of nitrogens with two attached hydrogens (primary N) is 1. The first-order valence-electron chi connectivity index (χ1n) is 10.2. The Labute approximate surface area is 177 Å². The van der Waals surface area contributed by atoms with Gasteiger partial charge in [0.2, 0.25) is 5.91 Å². The van der Waals surface area contributed by atoms with Crippen molar-refractivity contribution in [3.63, 3.8) is 0 Å². The number of anilines is 1. The Kier molecular flexibility index (Phi) is 6.53. The number of benzene rings is 2. The van der Waals surface area contributed by atoms with Gasteiger partial charge in [-0.2, -0.15) is 5.26 Å². The van der Waals surface area contributed by atoms with E-state index in [1.165, 1.54) is 0 Å². The number of hydrogen-bond donors (Lipinski definition) is 2. The van der Waals surface area contributed by atoms with Crippen LogP contribution in [0.2, 0.25) is 0 Å². The van der Waals surface area contributed by atoms with E-state index >= 15 is 0 Å². The van der Waals surface area contributed by atoms with Crippen LogP contribution in [0.15, 0.2) is 48.5 Å². The number of nitriles is 1. The molecule has 0 heterocycles. The third-order valence-corrected chi connectivity index (χ3v) is 5.27. The van der Waals surface area contributed by atoms with Crippen LogP contribution in [0.1, 0.15) is 48.2 Å². The molecule has 0 spiro atoms. The maximum atomic E-state index is 12.7. The number of amides is 2. The predicted octanol–water partition coefficient (Wildman–Crippen LogP) is 3.53. The van der Waals surface area contributed by atoms with Crippen LogP contribution in [0.25, 0.3) is 0 Å². The predicted molar refractivity (Wildman–Crippen MR) is 117 cm³/mol. The van der Waals surface area contributed by atoms with Crippen LogP contribution in [0.4, 0.5) is 5.69 Å². The normalized spacial score (nSPS) is 13.4. The van der Waals surface area contributed by atoms with E-state index in [0.717, 1.165) is 18.4 Å². The molecule has 6 nitrogen and oxygen atoms in total. The summed E-state index contributed by atoms with van der Waals surface area (Å²) in [6.45, 7) is 5.81. The monoisotopic (exact) mass is 404 g/mol. The average Bonchev–Trinajstić information content (AvgIpc) is 3.59. The fourth-order valence-corrected chi connectivity index (χ4v) is 3.19. The lowest BCUT2D eigenvalue weighted by Crippen LogP contribution is -2.42. The summed E-state index contributed by atoms with van der Waals surface area (Å²) >= 11 is 0. The molecule has 0 bridgehead atoms. The van der Waals surface area contributed by atoms with Gasteiger partial charge in [-0.3, -0.25) is 9.59 Å². The molecule has 1 fully saturated rings. The van der Waals surface area contributed by atoms with Gasteiger partial charge < -0.3 is 16.0 Å². The molecule has 0 aliphatic heterocycles. The Bertz CT molecular complexity index is 939. The van der Waals surface area contributed by atoms with Crippen LogP contribution in [0.5, 0.6) is 0 Å². The van der Waals surface area contributed by atoms with Crippen molar-refractivity contribution in [2.45, 2.75) is 33.2 Å². The lowest BCUT2D eigenvalue weighted by Gasteiger charge is -2.32. The third kappa shape index (κ3) is 5.68. The molecule has 0 unspecified atom stereocenters. The maximum absolute atomic E-state index is 12.7. The minimum absolute atomic E-state index is 0.139. The maximum Gasteiger partial charge on any atom is 0.255 e. The summed E-state index contributed by atoms with van der Waals surface area (Å²) in [7, 11) is 0. The summed E-state index contributed by atoms with van der Waals surface area (Å²) in [5.41, 5.74) is 8.42. The highest BCUT2D eigenvalue weighted by atomic mass is 16.2. The van der Waals surface area contributed by atoms with Crippen LogP contribution in [-0.4, -0.2) is 29.8 Å². The number of nitrogens with zero attached hydrogens (tertiary/aromatic N) is 2. The van der Waals surface area contributed by atoms with Gasteiger partial charge in [-0.25, -0.2) is 0 Å². The second-order valence-corrected chi connectivity index (χ2v) is 8.68. The van der Waals surface area contributed by atoms with Gasteiger partial charge in [-0.05, 0) is 66.8 Å². The van der Waals surface area contributed by atoms with Crippen molar-refractivity contribution in [1.82, 2.24) is 4.90 Å². The van der Waals surface area contributed by atoms with E-state index in [2.05, 4.69) is 19.2 Å². The molecule has 0 saturated heterocycles. The molecule has 2 aromatic carbocycles. The summed E-state index contributed by atoms with van der Waals surface area (Å²) in [4.78, 5) is 27.0. The van der Waals surface area contributed by atoms with Crippen LogP contribution in [-0.2, 0) is 11.3 Å². The van der Waals surface area contributed by atoms with Gasteiger partial charge in [0.25, 0.3) is 5.91 Å². The smallest absolute Gasteiger partial charge is 0.255 e. The highest BCUT2D eigenvalue weighted by Gasteiger charge is 2.35. The van der Waals surface area contributed by atoms with Crippen molar-refractivity contribution in [3.8, 4) is 6.07 Å². The molecule has 6 heteroatoms. The van der Waals surface area contributed by atoms with Gasteiger partial charge in [-0.1, -0.05) is 26.0 Å².